The number of hydrazone groups is 1. The van der Waals surface area contributed by atoms with Crippen LogP contribution in [0.4, 0.5) is 0 Å². The van der Waals surface area contributed by atoms with Gasteiger partial charge in [0.25, 0.3) is 0 Å². The van der Waals surface area contributed by atoms with Crippen molar-refractivity contribution in [1.29, 1.82) is 0 Å². The number of carbonyl (C=O) groups is 1. The van der Waals surface area contributed by atoms with Crippen LogP contribution >= 0.6 is 0 Å². The molecule has 0 atom stereocenters. The molecule has 1 fully saturated rings. The van der Waals surface area contributed by atoms with Crippen molar-refractivity contribution in [2.45, 2.75) is 24.7 Å². The van der Waals surface area contributed by atoms with Crippen LogP contribution < -0.4 is 5.43 Å². The van der Waals surface area contributed by atoms with Crippen LogP contribution in [-0.2, 0) is 26.0 Å². The Morgan fingerprint density at radius 3 is 2.54 bits per heavy atom. The van der Waals surface area contributed by atoms with E-state index in [4.69, 9.17) is 9.15 Å². The number of carbonyl (C=O) groups excluding carboxylic acids is 1. The first-order chi connectivity index (χ1) is 13.5. The number of rotatable bonds is 7. The zero-order valence-electron chi connectivity index (χ0n) is 15.6. The summed E-state index contributed by atoms with van der Waals surface area (Å²) < 4.78 is 37.0. The summed E-state index contributed by atoms with van der Waals surface area (Å²) in [6, 6.07) is 10.1. The van der Waals surface area contributed by atoms with Crippen LogP contribution in [0.15, 0.2) is 57.1 Å². The number of hydrogen-bond acceptors (Lipinski definition) is 6. The fourth-order valence-electron chi connectivity index (χ4n) is 2.76. The van der Waals surface area contributed by atoms with Crippen molar-refractivity contribution in [3.05, 3.63) is 54.0 Å². The molecular weight excluding hydrogens is 382 g/mol. The zero-order valence-corrected chi connectivity index (χ0v) is 16.4. The average molecular weight is 405 g/mol. The highest BCUT2D eigenvalue weighted by atomic mass is 32.2. The Hall–Kier alpha value is -2.49. The summed E-state index contributed by atoms with van der Waals surface area (Å²) >= 11 is 0. The third-order valence-corrected chi connectivity index (χ3v) is 6.31. The van der Waals surface area contributed by atoms with E-state index >= 15 is 0 Å². The van der Waals surface area contributed by atoms with Crippen LogP contribution in [0.2, 0.25) is 0 Å². The number of sulfonamides is 1. The molecule has 2 aromatic rings. The van der Waals surface area contributed by atoms with Gasteiger partial charge in [-0.05, 0) is 43.2 Å². The van der Waals surface area contributed by atoms with E-state index < -0.39 is 10.0 Å². The first-order valence-corrected chi connectivity index (χ1v) is 10.4. The minimum Gasteiger partial charge on any atom is -0.463 e. The van der Waals surface area contributed by atoms with Gasteiger partial charge in [-0.25, -0.2) is 13.8 Å². The van der Waals surface area contributed by atoms with Gasteiger partial charge in [-0.1, -0.05) is 12.1 Å². The fraction of sp³-hybridized carbons (Fsp3) is 0.368. The number of hydrogen-bond donors (Lipinski definition) is 1. The third kappa shape index (κ3) is 5.06. The zero-order chi connectivity index (χ0) is 20.0. The molecule has 1 amide bonds. The van der Waals surface area contributed by atoms with E-state index in [1.165, 1.54) is 4.31 Å². The number of benzene rings is 1. The molecule has 1 aliphatic rings. The molecular formula is C19H23N3O5S. The fourth-order valence-corrected chi connectivity index (χ4v) is 4.17. The quantitative estimate of drug-likeness (QED) is 0.559. The second-order valence-electron chi connectivity index (χ2n) is 6.37. The predicted molar refractivity (Wildman–Crippen MR) is 103 cm³/mol. The summed E-state index contributed by atoms with van der Waals surface area (Å²) in [4.78, 5) is 12.2. The van der Waals surface area contributed by atoms with Gasteiger partial charge in [-0.3, -0.25) is 4.79 Å². The van der Waals surface area contributed by atoms with E-state index in [1.54, 1.807) is 49.6 Å². The summed E-state index contributed by atoms with van der Waals surface area (Å²) in [6.45, 7) is 3.29. The Labute approximate surface area is 164 Å². The first-order valence-electron chi connectivity index (χ1n) is 9.00. The molecule has 1 saturated heterocycles. The Morgan fingerprint density at radius 2 is 1.89 bits per heavy atom. The highest BCUT2D eigenvalue weighted by molar-refractivity contribution is 7.89. The summed E-state index contributed by atoms with van der Waals surface area (Å²) in [5.74, 6) is 0.369. The number of morpholine rings is 1. The molecule has 0 saturated carbocycles. The third-order valence-electron chi connectivity index (χ3n) is 4.40. The highest BCUT2D eigenvalue weighted by Gasteiger charge is 2.26. The van der Waals surface area contributed by atoms with Gasteiger partial charge < -0.3 is 9.15 Å². The van der Waals surface area contributed by atoms with Gasteiger partial charge in [0, 0.05) is 19.5 Å². The number of ether oxygens (including phenoxy) is 1. The lowest BCUT2D eigenvalue weighted by Crippen LogP contribution is -2.40. The lowest BCUT2D eigenvalue weighted by molar-refractivity contribution is -0.121. The number of amides is 1. The number of nitrogens with zero attached hydrogens (tertiary/aromatic N) is 2. The molecule has 0 bridgehead atoms. The van der Waals surface area contributed by atoms with Gasteiger partial charge in [0.05, 0.1) is 24.4 Å². The van der Waals surface area contributed by atoms with Gasteiger partial charge >= 0.3 is 0 Å². The molecule has 3 rings (SSSR count). The lowest BCUT2D eigenvalue weighted by atomic mass is 10.1. The summed E-state index contributed by atoms with van der Waals surface area (Å²) in [5, 5.41) is 4.01. The topological polar surface area (TPSA) is 101 Å². The molecule has 1 aromatic heterocycles. The highest BCUT2D eigenvalue weighted by Crippen LogP contribution is 2.18. The predicted octanol–water partition coefficient (Wildman–Crippen LogP) is 1.77. The average Bonchev–Trinajstić information content (AvgIpc) is 3.26. The van der Waals surface area contributed by atoms with Crippen molar-refractivity contribution >= 4 is 21.6 Å². The van der Waals surface area contributed by atoms with Crippen molar-refractivity contribution < 1.29 is 22.4 Å². The molecule has 0 aliphatic carbocycles. The van der Waals surface area contributed by atoms with Crippen molar-refractivity contribution in [2.24, 2.45) is 5.10 Å². The van der Waals surface area contributed by atoms with Crippen molar-refractivity contribution in [2.75, 3.05) is 26.3 Å². The van der Waals surface area contributed by atoms with E-state index in [0.717, 1.165) is 5.56 Å². The van der Waals surface area contributed by atoms with Crippen LogP contribution in [-0.4, -0.2) is 50.6 Å². The molecule has 2 heterocycles. The van der Waals surface area contributed by atoms with Crippen molar-refractivity contribution in [3.8, 4) is 0 Å². The molecule has 1 aliphatic heterocycles. The maximum Gasteiger partial charge on any atom is 0.243 e. The Kier molecular flexibility index (Phi) is 6.61. The molecule has 0 unspecified atom stereocenters. The van der Waals surface area contributed by atoms with Crippen LogP contribution in [0.5, 0.6) is 0 Å². The van der Waals surface area contributed by atoms with E-state index in [9.17, 15) is 13.2 Å². The van der Waals surface area contributed by atoms with E-state index in [1.807, 2.05) is 0 Å². The molecule has 8 nitrogen and oxygen atoms in total. The molecule has 1 aromatic carbocycles. The molecule has 9 heteroatoms. The minimum atomic E-state index is -3.50. The SMILES string of the molecule is C/C(=N\NC(=O)CCc1ccc(S(=O)(=O)N2CCOCC2)cc1)c1ccco1. The van der Waals surface area contributed by atoms with Gasteiger partial charge in [0.2, 0.25) is 15.9 Å². The number of furan rings is 1. The van der Waals surface area contributed by atoms with Crippen LogP contribution in [0.25, 0.3) is 0 Å². The second kappa shape index (κ2) is 9.13. The maximum atomic E-state index is 12.6. The standard InChI is InChI=1S/C19H23N3O5S/c1-15(18-3-2-12-27-18)20-21-19(23)9-6-16-4-7-17(8-5-16)28(24,25)22-10-13-26-14-11-22/h2-5,7-8,12H,6,9-11,13-14H2,1H3,(H,21,23)/b20-15+. The summed E-state index contributed by atoms with van der Waals surface area (Å²) in [5.41, 5.74) is 3.95. The molecule has 0 radical (unpaired) electrons. The second-order valence-corrected chi connectivity index (χ2v) is 8.31. The van der Waals surface area contributed by atoms with Gasteiger partial charge in [-0.2, -0.15) is 9.41 Å². The van der Waals surface area contributed by atoms with E-state index in [0.29, 0.717) is 44.2 Å². The van der Waals surface area contributed by atoms with Crippen LogP contribution in [0.3, 0.4) is 0 Å². The number of aryl methyl sites for hydroxylation is 1. The minimum absolute atomic E-state index is 0.226. The largest absolute Gasteiger partial charge is 0.463 e. The lowest BCUT2D eigenvalue weighted by Gasteiger charge is -2.26. The smallest absolute Gasteiger partial charge is 0.243 e. The summed E-state index contributed by atoms with van der Waals surface area (Å²) in [6.07, 6.45) is 2.27. The maximum absolute atomic E-state index is 12.6. The number of nitrogens with one attached hydrogen (secondary N) is 1. The molecule has 0 spiro atoms. The van der Waals surface area contributed by atoms with E-state index in [-0.39, 0.29) is 17.2 Å². The monoisotopic (exact) mass is 405 g/mol. The van der Waals surface area contributed by atoms with Crippen LogP contribution in [0.1, 0.15) is 24.7 Å². The first kappa shape index (κ1) is 20.2. The normalized spacial score (nSPS) is 16.1. The Bertz CT molecular complexity index is 915. The molecule has 150 valence electrons. The van der Waals surface area contributed by atoms with Gasteiger partial charge in [0.15, 0.2) is 0 Å². The van der Waals surface area contributed by atoms with Crippen LogP contribution in [0, 0.1) is 0 Å². The summed E-state index contributed by atoms with van der Waals surface area (Å²) in [7, 11) is -3.50. The van der Waals surface area contributed by atoms with E-state index in [2.05, 4.69) is 10.5 Å². The molecule has 28 heavy (non-hydrogen) atoms. The van der Waals surface area contributed by atoms with Gasteiger partial charge in [0.1, 0.15) is 11.5 Å². The van der Waals surface area contributed by atoms with Crippen molar-refractivity contribution in [1.82, 2.24) is 9.73 Å². The van der Waals surface area contributed by atoms with Gasteiger partial charge in [-0.15, -0.1) is 0 Å². The molecule has 1 N–H and O–H groups in total. The van der Waals surface area contributed by atoms with Crippen molar-refractivity contribution in [3.63, 3.8) is 0 Å². The Morgan fingerprint density at radius 1 is 1.18 bits per heavy atom. The Balaban J connectivity index is 1.53.